The highest BCUT2D eigenvalue weighted by Crippen LogP contribution is 2.03. The van der Waals surface area contributed by atoms with E-state index in [0.29, 0.717) is 12.6 Å². The summed E-state index contributed by atoms with van der Waals surface area (Å²) in [6.07, 6.45) is 1.67. The van der Waals surface area contributed by atoms with Crippen LogP contribution in [-0.4, -0.2) is 23.1 Å². The normalized spacial score (nSPS) is 10.3. The van der Waals surface area contributed by atoms with Crippen molar-refractivity contribution in [1.82, 2.24) is 10.2 Å². The van der Waals surface area contributed by atoms with Crippen LogP contribution >= 0.6 is 12.2 Å². The lowest BCUT2D eigenvalue weighted by atomic mass is 10.4. The second-order valence-electron chi connectivity index (χ2n) is 3.54. The van der Waals surface area contributed by atoms with Crippen molar-refractivity contribution in [2.75, 3.05) is 7.05 Å². The first-order valence-electron chi connectivity index (χ1n) is 4.63. The van der Waals surface area contributed by atoms with Crippen molar-refractivity contribution in [2.45, 2.75) is 26.4 Å². The molecule has 3 nitrogen and oxygen atoms in total. The van der Waals surface area contributed by atoms with E-state index in [4.69, 9.17) is 16.6 Å². The van der Waals surface area contributed by atoms with Crippen LogP contribution in [0.2, 0.25) is 0 Å². The number of nitrogens with one attached hydrogen (secondary N) is 1. The van der Waals surface area contributed by atoms with Crippen molar-refractivity contribution in [3.8, 4) is 0 Å². The highest BCUT2D eigenvalue weighted by molar-refractivity contribution is 7.80. The number of hydrogen-bond donors (Lipinski definition) is 1. The number of nitrogens with zero attached hydrogens (tertiary/aromatic N) is 1. The minimum atomic E-state index is 0.363. The van der Waals surface area contributed by atoms with Gasteiger partial charge < -0.3 is 14.6 Å². The van der Waals surface area contributed by atoms with E-state index in [0.717, 1.165) is 10.9 Å². The van der Waals surface area contributed by atoms with Crippen LogP contribution in [-0.2, 0) is 6.54 Å². The molecule has 0 atom stereocenters. The Kier molecular flexibility index (Phi) is 3.95. The van der Waals surface area contributed by atoms with Crippen molar-refractivity contribution in [1.29, 1.82) is 0 Å². The molecule has 4 heteroatoms. The molecule has 0 aromatic carbocycles. The van der Waals surface area contributed by atoms with Crippen LogP contribution in [0.5, 0.6) is 0 Å². The molecule has 1 N–H and O–H groups in total. The molecule has 0 spiro atoms. The van der Waals surface area contributed by atoms with Gasteiger partial charge in [0.25, 0.3) is 0 Å². The van der Waals surface area contributed by atoms with E-state index in [-0.39, 0.29) is 0 Å². The molecule has 0 saturated heterocycles. The molecule has 0 fully saturated rings. The summed E-state index contributed by atoms with van der Waals surface area (Å²) in [6, 6.07) is 4.18. The highest BCUT2D eigenvalue weighted by Gasteiger charge is 2.07. The molecule has 0 amide bonds. The number of furan rings is 1. The van der Waals surface area contributed by atoms with Gasteiger partial charge in [-0.05, 0) is 38.2 Å². The smallest absolute Gasteiger partial charge is 0.169 e. The van der Waals surface area contributed by atoms with E-state index in [2.05, 4.69) is 19.2 Å². The zero-order valence-electron chi connectivity index (χ0n) is 8.78. The lowest BCUT2D eigenvalue weighted by Gasteiger charge is -2.21. The number of thiocarbonyl (C=S) groups is 1. The first kappa shape index (κ1) is 11.0. The summed E-state index contributed by atoms with van der Waals surface area (Å²) in [5, 5.41) is 3.92. The van der Waals surface area contributed by atoms with Gasteiger partial charge >= 0.3 is 0 Å². The first-order valence-corrected chi connectivity index (χ1v) is 5.04. The molecule has 1 aromatic rings. The molecule has 14 heavy (non-hydrogen) atoms. The predicted molar refractivity (Wildman–Crippen MR) is 61.0 cm³/mol. The summed E-state index contributed by atoms with van der Waals surface area (Å²) < 4.78 is 5.23. The van der Waals surface area contributed by atoms with Gasteiger partial charge in [0.15, 0.2) is 5.11 Å². The molecule has 1 heterocycles. The van der Waals surface area contributed by atoms with Gasteiger partial charge in [0.1, 0.15) is 5.76 Å². The fourth-order valence-corrected chi connectivity index (χ4v) is 1.37. The summed E-state index contributed by atoms with van der Waals surface area (Å²) in [4.78, 5) is 1.95. The van der Waals surface area contributed by atoms with E-state index in [1.165, 1.54) is 0 Å². The van der Waals surface area contributed by atoms with Gasteiger partial charge in [0.05, 0.1) is 12.8 Å². The lowest BCUT2D eigenvalue weighted by Crippen LogP contribution is -2.40. The van der Waals surface area contributed by atoms with E-state index in [1.54, 1.807) is 6.26 Å². The number of hydrogen-bond acceptors (Lipinski definition) is 2. The minimum absolute atomic E-state index is 0.363. The van der Waals surface area contributed by atoms with Crippen LogP contribution in [0.1, 0.15) is 19.6 Å². The first-order chi connectivity index (χ1) is 6.59. The third kappa shape index (κ3) is 3.38. The summed E-state index contributed by atoms with van der Waals surface area (Å²) in [6.45, 7) is 4.83. The minimum Gasteiger partial charge on any atom is -0.467 e. The Morgan fingerprint density at radius 1 is 1.64 bits per heavy atom. The molecule has 1 rings (SSSR count). The fourth-order valence-electron chi connectivity index (χ4n) is 1.07. The van der Waals surface area contributed by atoms with Crippen LogP contribution in [0.15, 0.2) is 22.8 Å². The molecule has 0 aliphatic rings. The summed E-state index contributed by atoms with van der Waals surface area (Å²) >= 11 is 5.20. The Hall–Kier alpha value is -1.03. The monoisotopic (exact) mass is 212 g/mol. The maximum atomic E-state index is 5.23. The Labute approximate surface area is 90.1 Å². The maximum Gasteiger partial charge on any atom is 0.169 e. The Bertz CT molecular complexity index is 282. The van der Waals surface area contributed by atoms with E-state index < -0.39 is 0 Å². The van der Waals surface area contributed by atoms with Gasteiger partial charge in [-0.1, -0.05) is 0 Å². The lowest BCUT2D eigenvalue weighted by molar-refractivity contribution is 0.403. The van der Waals surface area contributed by atoms with Crippen molar-refractivity contribution >= 4 is 17.3 Å². The summed E-state index contributed by atoms with van der Waals surface area (Å²) in [5.74, 6) is 0.917. The summed E-state index contributed by atoms with van der Waals surface area (Å²) in [7, 11) is 1.94. The molecule has 0 radical (unpaired) electrons. The van der Waals surface area contributed by atoms with Crippen molar-refractivity contribution in [3.63, 3.8) is 0 Å². The molecule has 1 aromatic heterocycles. The van der Waals surface area contributed by atoms with Gasteiger partial charge in [0.2, 0.25) is 0 Å². The van der Waals surface area contributed by atoms with Gasteiger partial charge in [-0.25, -0.2) is 0 Å². The van der Waals surface area contributed by atoms with Crippen molar-refractivity contribution < 1.29 is 4.42 Å². The Morgan fingerprint density at radius 3 is 2.86 bits per heavy atom. The molecule has 0 unspecified atom stereocenters. The quantitative estimate of drug-likeness (QED) is 0.776. The maximum absolute atomic E-state index is 5.23. The SMILES string of the molecule is CC(C)NC(=S)N(C)Cc1ccco1. The molecule has 0 aliphatic carbocycles. The van der Waals surface area contributed by atoms with Crippen molar-refractivity contribution in [2.24, 2.45) is 0 Å². The van der Waals surface area contributed by atoms with Crippen LogP contribution in [0.25, 0.3) is 0 Å². The third-order valence-corrected chi connectivity index (χ3v) is 2.16. The second kappa shape index (κ2) is 5.00. The van der Waals surface area contributed by atoms with Crippen LogP contribution in [0.3, 0.4) is 0 Å². The van der Waals surface area contributed by atoms with E-state index >= 15 is 0 Å². The molecule has 78 valence electrons. The largest absolute Gasteiger partial charge is 0.467 e. The van der Waals surface area contributed by atoms with Gasteiger partial charge in [-0.2, -0.15) is 0 Å². The fraction of sp³-hybridized carbons (Fsp3) is 0.500. The molecule has 0 bridgehead atoms. The standard InChI is InChI=1S/C10H16N2OS/c1-8(2)11-10(14)12(3)7-9-5-4-6-13-9/h4-6,8H,7H2,1-3H3,(H,11,14). The van der Waals surface area contributed by atoms with Gasteiger partial charge in [-0.15, -0.1) is 0 Å². The van der Waals surface area contributed by atoms with Crippen LogP contribution in [0, 0.1) is 0 Å². The van der Waals surface area contributed by atoms with Crippen LogP contribution in [0.4, 0.5) is 0 Å². The van der Waals surface area contributed by atoms with E-state index in [9.17, 15) is 0 Å². The second-order valence-corrected chi connectivity index (χ2v) is 3.93. The van der Waals surface area contributed by atoms with Crippen LogP contribution < -0.4 is 5.32 Å². The number of rotatable bonds is 3. The third-order valence-electron chi connectivity index (χ3n) is 1.73. The van der Waals surface area contributed by atoms with Gasteiger partial charge in [-0.3, -0.25) is 0 Å². The van der Waals surface area contributed by atoms with Gasteiger partial charge in [0, 0.05) is 13.1 Å². The molecular weight excluding hydrogens is 196 g/mol. The van der Waals surface area contributed by atoms with Crippen molar-refractivity contribution in [3.05, 3.63) is 24.2 Å². The Morgan fingerprint density at radius 2 is 2.36 bits per heavy atom. The zero-order valence-corrected chi connectivity index (χ0v) is 9.60. The van der Waals surface area contributed by atoms with E-state index in [1.807, 2.05) is 24.1 Å². The highest BCUT2D eigenvalue weighted by atomic mass is 32.1. The molecular formula is C10H16N2OS. The average molecular weight is 212 g/mol. The molecule has 0 aliphatic heterocycles. The average Bonchev–Trinajstić information content (AvgIpc) is 2.55. The predicted octanol–water partition coefficient (Wildman–Crippen LogP) is 1.99. The Balaban J connectivity index is 2.42. The summed E-state index contributed by atoms with van der Waals surface area (Å²) in [5.41, 5.74) is 0. The topological polar surface area (TPSA) is 28.4 Å². The zero-order chi connectivity index (χ0) is 10.6. The molecule has 0 saturated carbocycles.